The van der Waals surface area contributed by atoms with Crippen molar-refractivity contribution in [1.29, 1.82) is 0 Å². The Kier molecular flexibility index (Phi) is 83.5. The van der Waals surface area contributed by atoms with E-state index < -0.39 is 48.8 Å². The van der Waals surface area contributed by atoms with Gasteiger partial charge in [0, 0.05) is 0 Å². The molecule has 24 N–H and O–H groups in total. The summed E-state index contributed by atoms with van der Waals surface area (Å²) < 4.78 is 0. The predicted octanol–water partition coefficient (Wildman–Crippen LogP) is -13.3. The Bertz CT molecular complexity index is 322. The minimum absolute atomic E-state index is 0.365. The molecule has 0 spiro atoms. The summed E-state index contributed by atoms with van der Waals surface area (Å²) in [6.45, 7) is -5.83. The Morgan fingerprint density at radius 3 is 0.188 bits per heavy atom. The summed E-state index contributed by atoms with van der Waals surface area (Å²) in [5.41, 5.74) is 0. The molecule has 0 bridgehead atoms. The largest absolute Gasteiger partial charge is 0.394 e. The quantitative estimate of drug-likeness (QED) is 0.0699. The average Bonchev–Trinajstić information content (AvgIpc) is 3.16. The maximum atomic E-state index is 8.17. The first-order valence-electron chi connectivity index (χ1n) is 13.7. The van der Waals surface area contributed by atoms with Crippen LogP contribution in [0.1, 0.15) is 0 Å². The number of hydrogen-bond donors (Lipinski definition) is 24. The molecule has 0 aliphatic heterocycles. The van der Waals surface area contributed by atoms with Crippen molar-refractivity contribution in [3.63, 3.8) is 0 Å². The highest BCUT2D eigenvalue weighted by Gasteiger charge is 1.97. The highest BCUT2D eigenvalue weighted by Crippen LogP contribution is 1.75. The monoisotopic (exact) mass is 736 g/mol. The number of aliphatic hydroxyl groups excluding tert-OH is 24. The van der Waals surface area contributed by atoms with Crippen molar-refractivity contribution in [3.8, 4) is 0 Å². The first-order chi connectivity index (χ1) is 22.5. The molecule has 0 heterocycles. The maximum Gasteiger partial charge on any atom is 0.100 e. The highest BCUT2D eigenvalue weighted by atomic mass is 16.4. The van der Waals surface area contributed by atoms with Crippen LogP contribution in [0.2, 0.25) is 0 Å². The van der Waals surface area contributed by atoms with Crippen LogP contribution in [0.4, 0.5) is 0 Å². The second-order valence-electron chi connectivity index (χ2n) is 8.15. The van der Waals surface area contributed by atoms with E-state index in [0.29, 0.717) is 0 Å². The molecule has 0 unspecified atom stereocenters. The van der Waals surface area contributed by atoms with Gasteiger partial charge in [0.15, 0.2) is 0 Å². The van der Waals surface area contributed by atoms with Gasteiger partial charge < -0.3 is 123 Å². The fourth-order valence-corrected chi connectivity index (χ4v) is 0.462. The third kappa shape index (κ3) is 90.7. The van der Waals surface area contributed by atoms with E-state index in [4.69, 9.17) is 123 Å². The lowest BCUT2D eigenvalue weighted by Gasteiger charge is -1.96. The zero-order chi connectivity index (χ0) is 39.9. The van der Waals surface area contributed by atoms with E-state index in [2.05, 4.69) is 0 Å². The van der Waals surface area contributed by atoms with Crippen LogP contribution in [0, 0.1) is 0 Å². The lowest BCUT2D eigenvalue weighted by atomic mass is 10.4. The van der Waals surface area contributed by atoms with Gasteiger partial charge in [-0.15, -0.1) is 0 Å². The van der Waals surface area contributed by atoms with Crippen LogP contribution in [0.25, 0.3) is 0 Å². The van der Waals surface area contributed by atoms with Gasteiger partial charge in [0.2, 0.25) is 0 Å². The molecule has 0 atom stereocenters. The summed E-state index contributed by atoms with van der Waals surface area (Å²) in [5.74, 6) is 0. The van der Waals surface area contributed by atoms with Crippen LogP contribution in [-0.2, 0) is 0 Å². The van der Waals surface area contributed by atoms with Gasteiger partial charge in [-0.05, 0) is 0 Å². The summed E-state index contributed by atoms with van der Waals surface area (Å²) in [6, 6.07) is 0. The normalized spacial score (nSPS) is 10.0. The Balaban J connectivity index is -0.0000000635. The van der Waals surface area contributed by atoms with Gasteiger partial charge in [-0.2, -0.15) is 0 Å². The second-order valence-corrected chi connectivity index (χ2v) is 8.15. The number of hydrogen-bond acceptors (Lipinski definition) is 24. The van der Waals surface area contributed by atoms with Crippen LogP contribution in [0.5, 0.6) is 0 Å². The molecule has 24 nitrogen and oxygen atoms in total. The zero-order valence-electron chi connectivity index (χ0n) is 26.7. The number of rotatable bonds is 16. The van der Waals surface area contributed by atoms with Crippen molar-refractivity contribution < 1.29 is 123 Å². The molecule has 0 amide bonds. The van der Waals surface area contributed by atoms with Gasteiger partial charge in [-0.1, -0.05) is 0 Å². The predicted molar refractivity (Wildman–Crippen MR) is 161 cm³/mol. The van der Waals surface area contributed by atoms with Gasteiger partial charge >= 0.3 is 0 Å². The summed E-state index contributed by atoms with van der Waals surface area (Å²) in [6.07, 6.45) is -7.63. The molecule has 304 valence electrons. The summed E-state index contributed by atoms with van der Waals surface area (Å²) >= 11 is 0. The van der Waals surface area contributed by atoms with E-state index in [1.54, 1.807) is 0 Å². The van der Waals surface area contributed by atoms with E-state index >= 15 is 0 Å². The minimum atomic E-state index is -0.954. The van der Waals surface area contributed by atoms with Gasteiger partial charge in [0.05, 0.1) is 106 Å². The first-order valence-corrected chi connectivity index (χ1v) is 13.7. The zero-order valence-corrected chi connectivity index (χ0v) is 26.7. The molecule has 0 aliphatic carbocycles. The lowest BCUT2D eigenvalue weighted by molar-refractivity contribution is 0.0450. The topological polar surface area (TPSA) is 486 Å². The standard InChI is InChI=1S/8C3H8O3/c8*4-1-3(6)2-5/h8*3-6H,1-2H2. The van der Waals surface area contributed by atoms with Crippen molar-refractivity contribution in [2.45, 2.75) is 48.8 Å². The van der Waals surface area contributed by atoms with Gasteiger partial charge in [0.1, 0.15) is 48.8 Å². The molecular weight excluding hydrogens is 672 g/mol. The van der Waals surface area contributed by atoms with Crippen LogP contribution >= 0.6 is 0 Å². The molecule has 0 rings (SSSR count). The Labute approximate surface area is 277 Å². The minimum Gasteiger partial charge on any atom is -0.394 e. The molecule has 0 aromatic heterocycles. The van der Waals surface area contributed by atoms with Crippen molar-refractivity contribution in [2.24, 2.45) is 0 Å². The summed E-state index contributed by atoms with van der Waals surface area (Å²) in [5, 5.41) is 192. The van der Waals surface area contributed by atoms with Gasteiger partial charge in [0.25, 0.3) is 0 Å². The summed E-state index contributed by atoms with van der Waals surface area (Å²) in [4.78, 5) is 0. The SMILES string of the molecule is OCC(O)CO.OCC(O)CO.OCC(O)CO.OCC(O)CO.OCC(O)CO.OCC(O)CO.OCC(O)CO.OCC(O)CO. The first kappa shape index (κ1) is 65.4. The molecule has 24 heteroatoms. The van der Waals surface area contributed by atoms with Gasteiger partial charge in [-0.25, -0.2) is 0 Å². The summed E-state index contributed by atoms with van der Waals surface area (Å²) in [7, 11) is 0. The van der Waals surface area contributed by atoms with Gasteiger partial charge in [-0.3, -0.25) is 0 Å². The van der Waals surface area contributed by atoms with E-state index in [-0.39, 0.29) is 106 Å². The molecule has 48 heavy (non-hydrogen) atoms. The molecule has 0 radical (unpaired) electrons. The molecule has 0 saturated carbocycles. The Hall–Kier alpha value is -0.960. The Morgan fingerprint density at radius 2 is 0.188 bits per heavy atom. The average molecular weight is 737 g/mol. The van der Waals surface area contributed by atoms with Crippen molar-refractivity contribution in [2.75, 3.05) is 106 Å². The van der Waals surface area contributed by atoms with E-state index in [0.717, 1.165) is 0 Å². The third-order valence-electron chi connectivity index (χ3n) is 3.37. The molecule has 0 aromatic rings. The molecular formula is C24H64O24. The van der Waals surface area contributed by atoms with Crippen LogP contribution in [0.15, 0.2) is 0 Å². The van der Waals surface area contributed by atoms with Crippen LogP contribution in [0.3, 0.4) is 0 Å². The fraction of sp³-hybridized carbons (Fsp3) is 1.00. The van der Waals surface area contributed by atoms with E-state index in [1.165, 1.54) is 0 Å². The molecule has 0 aromatic carbocycles. The van der Waals surface area contributed by atoms with Crippen LogP contribution < -0.4 is 0 Å². The highest BCUT2D eigenvalue weighted by molar-refractivity contribution is 4.47. The molecule has 0 saturated heterocycles. The van der Waals surface area contributed by atoms with Crippen LogP contribution in [-0.4, -0.2) is 277 Å². The molecule has 0 aliphatic rings. The van der Waals surface area contributed by atoms with E-state index in [1.807, 2.05) is 0 Å². The number of aliphatic hydroxyl groups is 24. The second kappa shape index (κ2) is 61.3. The van der Waals surface area contributed by atoms with Crippen molar-refractivity contribution in [3.05, 3.63) is 0 Å². The molecule has 0 fully saturated rings. The smallest absolute Gasteiger partial charge is 0.100 e. The lowest BCUT2D eigenvalue weighted by Crippen LogP contribution is -2.15. The van der Waals surface area contributed by atoms with Crippen molar-refractivity contribution in [1.82, 2.24) is 0 Å². The third-order valence-corrected chi connectivity index (χ3v) is 3.37. The fourth-order valence-electron chi connectivity index (χ4n) is 0.462. The van der Waals surface area contributed by atoms with Crippen molar-refractivity contribution >= 4 is 0 Å². The Morgan fingerprint density at radius 1 is 0.146 bits per heavy atom. The maximum absolute atomic E-state index is 8.17. The van der Waals surface area contributed by atoms with E-state index in [9.17, 15) is 0 Å².